The molecule has 0 unspecified atom stereocenters. The van der Waals surface area contributed by atoms with Gasteiger partial charge in [0.15, 0.2) is 34.3 Å². The van der Waals surface area contributed by atoms with Gasteiger partial charge in [-0.2, -0.15) is 0 Å². The van der Waals surface area contributed by atoms with Crippen LogP contribution in [0.5, 0.6) is 5.75 Å². The Balaban J connectivity index is 0. The molecule has 17 heteroatoms. The quantitative estimate of drug-likeness (QED) is 0.268. The third kappa shape index (κ3) is 10.3. The van der Waals surface area contributed by atoms with Crippen molar-refractivity contribution in [2.75, 3.05) is 0 Å². The molecule has 0 saturated carbocycles. The molecule has 0 aliphatic rings. The molecule has 192 valence electrons. The summed E-state index contributed by atoms with van der Waals surface area (Å²) in [5.41, 5.74) is -4.64. The molecule has 12 nitrogen and oxygen atoms in total. The summed E-state index contributed by atoms with van der Waals surface area (Å²) in [5.74, 6) is -9.16. The van der Waals surface area contributed by atoms with Crippen LogP contribution in [-0.4, -0.2) is 45.4 Å². The number of nitrogens with zero attached hydrogens (tertiary/aromatic N) is 2. The van der Waals surface area contributed by atoms with Gasteiger partial charge in [-0.25, -0.2) is 22.8 Å². The van der Waals surface area contributed by atoms with Crippen molar-refractivity contribution in [3.05, 3.63) is 72.1 Å². The van der Waals surface area contributed by atoms with Crippen LogP contribution in [0.4, 0.5) is 24.5 Å². The summed E-state index contributed by atoms with van der Waals surface area (Å²) in [6, 6.07) is 1.49. The van der Waals surface area contributed by atoms with Gasteiger partial charge >= 0.3 is 63.3 Å². The summed E-state index contributed by atoms with van der Waals surface area (Å²) < 4.78 is 39.2. The fraction of sp³-hybridized carbons (Fsp3) is 0.263. The van der Waals surface area contributed by atoms with Gasteiger partial charge in [0, 0.05) is 17.7 Å². The number of carbonyl (C=O) groups is 2. The zero-order valence-corrected chi connectivity index (χ0v) is 24.0. The number of carboxylic acid groups (broad SMARTS) is 2. The predicted octanol–water partition coefficient (Wildman–Crippen LogP) is 0.511. The molecule has 0 saturated heterocycles. The van der Waals surface area contributed by atoms with Crippen LogP contribution in [0.3, 0.4) is 0 Å². The largest absolute Gasteiger partial charge is 1.00 e. The number of carboxylic acids is 2. The fourth-order valence-electron chi connectivity index (χ4n) is 2.18. The van der Waals surface area contributed by atoms with E-state index in [2.05, 4.69) is 0 Å². The number of halogens is 3. The van der Waals surface area contributed by atoms with Crippen molar-refractivity contribution in [3.63, 3.8) is 0 Å². The smallest absolute Gasteiger partial charge is 0.859 e. The van der Waals surface area contributed by atoms with E-state index in [-0.39, 0.29) is 62.5 Å². The third-order valence-electron chi connectivity index (χ3n) is 3.60. The first-order valence-corrected chi connectivity index (χ1v) is 12.6. The Labute approximate surface area is 245 Å². The second-order valence-electron chi connectivity index (χ2n) is 7.70. The number of rotatable bonds is 4. The summed E-state index contributed by atoms with van der Waals surface area (Å²) in [4.78, 5) is 50.0. The molecule has 0 aromatic heterocycles. The number of benzene rings is 2. The number of phenolic OH excluding ortho intramolecular Hbond substituents is 1. The first kappa shape index (κ1) is 35.7. The maximum atomic E-state index is 13.2. The van der Waals surface area contributed by atoms with E-state index < -0.39 is 75.8 Å². The Bertz CT molecular complexity index is 1100. The average Bonchev–Trinajstić information content (AvgIpc) is 2.67. The molecule has 36 heavy (non-hydrogen) atoms. The maximum Gasteiger partial charge on any atom is 1.00 e. The third-order valence-corrected chi connectivity index (χ3v) is 3.60. The van der Waals surface area contributed by atoms with Gasteiger partial charge in [-0.05, 0) is 19.4 Å². The van der Waals surface area contributed by atoms with Crippen LogP contribution in [0.15, 0.2) is 12.1 Å². The van der Waals surface area contributed by atoms with E-state index in [1.807, 2.05) is 0 Å². The monoisotopic (exact) mass is 560 g/mol. The fourth-order valence-corrected chi connectivity index (χ4v) is 2.18. The van der Waals surface area contributed by atoms with Crippen LogP contribution < -0.4 is 56.2 Å². The van der Waals surface area contributed by atoms with Crippen LogP contribution >= 0.6 is 0 Å². The van der Waals surface area contributed by atoms with Crippen LogP contribution in [0.25, 0.3) is 0 Å². The number of aromatic hydroxyl groups is 1. The summed E-state index contributed by atoms with van der Waals surface area (Å²) >= 11 is 0. The van der Waals surface area contributed by atoms with Crippen molar-refractivity contribution < 1.29 is 104 Å². The molecule has 0 bridgehead atoms. The summed E-state index contributed by atoms with van der Waals surface area (Å²) in [7, 11) is -1.86. The van der Waals surface area contributed by atoms with Gasteiger partial charge in [0.1, 0.15) is 0 Å². The minimum atomic E-state index is -1.88. The van der Waals surface area contributed by atoms with E-state index in [0.717, 1.165) is 13.0 Å². The molecule has 0 radical (unpaired) electrons. The van der Waals surface area contributed by atoms with Crippen molar-refractivity contribution in [2.24, 2.45) is 0 Å². The SMILES string of the molecule is C[Si](C)(C)[O-].Cc1cc([N+](=O)[O-])c(C(=O)O)c(F)c1F.Cc1cc([N+](=O)[O-])c(C(=O)O)c(F)c1O.[K+]. The minimum absolute atomic E-state index is 0. The van der Waals surface area contributed by atoms with E-state index in [0.29, 0.717) is 6.07 Å². The summed E-state index contributed by atoms with van der Waals surface area (Å²) in [6.45, 7) is 7.65. The van der Waals surface area contributed by atoms with Crippen LogP contribution in [0.1, 0.15) is 31.8 Å². The van der Waals surface area contributed by atoms with Crippen molar-refractivity contribution in [1.82, 2.24) is 0 Å². The molecule has 0 aliphatic heterocycles. The zero-order chi connectivity index (χ0) is 28.0. The average molecular weight is 561 g/mol. The van der Waals surface area contributed by atoms with Gasteiger partial charge in [0.2, 0.25) is 0 Å². The van der Waals surface area contributed by atoms with E-state index in [1.165, 1.54) is 6.92 Å². The number of phenols is 1. The molecule has 2 aromatic carbocycles. The topological polar surface area (TPSA) is 204 Å². The second kappa shape index (κ2) is 14.4. The number of aryl methyl sites for hydroxylation is 2. The van der Waals surface area contributed by atoms with Gasteiger partial charge < -0.3 is 20.1 Å². The van der Waals surface area contributed by atoms with Crippen LogP contribution in [0.2, 0.25) is 19.6 Å². The number of hydrogen-bond acceptors (Lipinski definition) is 8. The molecule has 0 heterocycles. The van der Waals surface area contributed by atoms with Crippen LogP contribution in [-0.2, 0) is 0 Å². The number of nitro benzene ring substituents is 2. The number of aromatic carboxylic acids is 2. The molecule has 0 spiro atoms. The number of hydrogen-bond donors (Lipinski definition) is 3. The molecule has 0 aliphatic carbocycles. The summed E-state index contributed by atoms with van der Waals surface area (Å²) in [5, 5.41) is 47.0. The predicted molar refractivity (Wildman–Crippen MR) is 114 cm³/mol. The van der Waals surface area contributed by atoms with E-state index in [9.17, 15) is 47.8 Å². The van der Waals surface area contributed by atoms with Gasteiger partial charge in [0.25, 0.3) is 11.4 Å². The Morgan fingerprint density at radius 3 is 1.42 bits per heavy atom. The first-order valence-electron chi connectivity index (χ1n) is 9.18. The Hall–Kier alpha value is -2.42. The first-order chi connectivity index (χ1) is 15.7. The van der Waals surface area contributed by atoms with Crippen molar-refractivity contribution in [2.45, 2.75) is 33.5 Å². The second-order valence-corrected chi connectivity index (χ2v) is 11.9. The van der Waals surface area contributed by atoms with Crippen LogP contribution in [0, 0.1) is 51.5 Å². The van der Waals surface area contributed by atoms with E-state index in [1.54, 1.807) is 19.6 Å². The molecule has 2 aromatic rings. The van der Waals surface area contributed by atoms with Gasteiger partial charge in [-0.1, -0.05) is 28.0 Å². The van der Waals surface area contributed by atoms with Crippen molar-refractivity contribution >= 4 is 31.6 Å². The molecule has 0 atom stereocenters. The zero-order valence-electron chi connectivity index (χ0n) is 19.9. The summed E-state index contributed by atoms with van der Waals surface area (Å²) in [6.07, 6.45) is 0. The molecule has 0 amide bonds. The Kier molecular flexibility index (Phi) is 14.3. The van der Waals surface area contributed by atoms with Gasteiger partial charge in [-0.3, -0.25) is 20.2 Å². The molecular formula is C19H20F3KN2O10Si. The van der Waals surface area contributed by atoms with E-state index in [4.69, 9.17) is 15.3 Å². The Morgan fingerprint density at radius 2 is 1.11 bits per heavy atom. The standard InChI is InChI=1S/C8H5F2NO4.C8H6FNO5.C3H9OSi.K/c1-3-2-4(11(14)15)5(8(12)13)7(10)6(3)9;1-3-2-4(10(14)15)5(8(12)13)6(9)7(3)11;1-5(2,3)4;/h2H,1H3,(H,12,13);2,11H,1H3,(H,12,13);1-3H3;/q;;-1;+1. The number of nitro groups is 2. The molecular weight excluding hydrogens is 540 g/mol. The van der Waals surface area contributed by atoms with Gasteiger partial charge in [-0.15, -0.1) is 0 Å². The van der Waals surface area contributed by atoms with Crippen molar-refractivity contribution in [3.8, 4) is 5.75 Å². The minimum Gasteiger partial charge on any atom is -0.859 e. The van der Waals surface area contributed by atoms with Gasteiger partial charge in [0.05, 0.1) is 9.85 Å². The normalized spacial score (nSPS) is 10.0. The molecule has 2 rings (SSSR count). The molecule has 0 fully saturated rings. The van der Waals surface area contributed by atoms with Crippen molar-refractivity contribution in [1.29, 1.82) is 0 Å². The van der Waals surface area contributed by atoms with E-state index >= 15 is 0 Å². The Morgan fingerprint density at radius 1 is 0.806 bits per heavy atom. The molecule has 3 N–H and O–H groups in total. The maximum absolute atomic E-state index is 13.2.